The summed E-state index contributed by atoms with van der Waals surface area (Å²) >= 11 is 0. The maximum atomic E-state index is 13.5. The van der Waals surface area contributed by atoms with Crippen LogP contribution in [0.3, 0.4) is 0 Å². The lowest BCUT2D eigenvalue weighted by atomic mass is 10.0. The summed E-state index contributed by atoms with van der Waals surface area (Å²) in [5.41, 5.74) is 2.70. The van der Waals surface area contributed by atoms with Gasteiger partial charge in [0, 0.05) is 37.7 Å². The normalized spacial score (nSPS) is 15.5. The number of hydrogen-bond acceptors (Lipinski definition) is 5. The zero-order chi connectivity index (χ0) is 29.6. The summed E-state index contributed by atoms with van der Waals surface area (Å²) in [4.78, 5) is 54.4. The van der Waals surface area contributed by atoms with Crippen LogP contribution in [-0.4, -0.2) is 59.9 Å². The van der Waals surface area contributed by atoms with Gasteiger partial charge in [-0.2, -0.15) is 0 Å². The third-order valence-corrected chi connectivity index (χ3v) is 7.56. The molecule has 1 heterocycles. The molecule has 9 nitrogen and oxygen atoms in total. The van der Waals surface area contributed by atoms with E-state index >= 15 is 0 Å². The van der Waals surface area contributed by atoms with Crippen molar-refractivity contribution in [1.82, 2.24) is 10.2 Å². The highest BCUT2D eigenvalue weighted by Crippen LogP contribution is 2.33. The number of amides is 3. The Labute approximate surface area is 243 Å². The fourth-order valence-electron chi connectivity index (χ4n) is 5.15. The van der Waals surface area contributed by atoms with Crippen LogP contribution in [-0.2, 0) is 20.8 Å². The van der Waals surface area contributed by atoms with E-state index in [-0.39, 0.29) is 36.1 Å². The van der Waals surface area contributed by atoms with E-state index in [1.807, 2.05) is 35.2 Å². The molecule has 3 amide bonds. The predicted molar refractivity (Wildman–Crippen MR) is 156 cm³/mol. The molecule has 10 heteroatoms. The fourth-order valence-corrected chi connectivity index (χ4v) is 5.15. The van der Waals surface area contributed by atoms with Crippen LogP contribution in [0, 0.1) is 11.7 Å². The van der Waals surface area contributed by atoms with Crippen LogP contribution in [0.1, 0.15) is 46.8 Å². The molecule has 218 valence electrons. The number of halogens is 1. The van der Waals surface area contributed by atoms with E-state index in [9.17, 15) is 28.7 Å². The average molecular weight is 573 g/mol. The topological polar surface area (TPSA) is 119 Å². The lowest BCUT2D eigenvalue weighted by Crippen LogP contribution is -2.49. The Hall–Kier alpha value is -4.73. The molecule has 0 radical (unpaired) electrons. The number of piperazine rings is 1. The minimum absolute atomic E-state index is 0.144. The first-order valence-corrected chi connectivity index (χ1v) is 14.1. The van der Waals surface area contributed by atoms with Gasteiger partial charge in [-0.25, -0.2) is 4.39 Å². The Morgan fingerprint density at radius 3 is 2.24 bits per heavy atom. The van der Waals surface area contributed by atoms with Crippen LogP contribution in [0.5, 0.6) is 0 Å². The number of hydrogen-bond donors (Lipinski definition) is 3. The molecule has 3 N–H and O–H groups in total. The highest BCUT2D eigenvalue weighted by atomic mass is 19.1. The molecule has 0 bridgehead atoms. The van der Waals surface area contributed by atoms with E-state index in [0.29, 0.717) is 37.4 Å². The molecule has 1 saturated heterocycles. The third-order valence-electron chi connectivity index (χ3n) is 7.56. The minimum Gasteiger partial charge on any atom is -0.481 e. The smallest absolute Gasteiger partial charge is 0.305 e. The molecule has 1 aliphatic heterocycles. The van der Waals surface area contributed by atoms with E-state index in [1.54, 1.807) is 18.2 Å². The number of aliphatic carboxylic acids is 1. The summed E-state index contributed by atoms with van der Waals surface area (Å²) in [6.45, 7) is 2.31. The zero-order valence-corrected chi connectivity index (χ0v) is 23.1. The van der Waals surface area contributed by atoms with Crippen molar-refractivity contribution in [2.45, 2.75) is 31.7 Å². The number of rotatable bonds is 10. The number of carboxylic acid groups (broad SMARTS) is 1. The molecule has 0 aromatic heterocycles. The lowest BCUT2D eigenvalue weighted by molar-refractivity contribution is -0.137. The summed E-state index contributed by atoms with van der Waals surface area (Å²) in [5.74, 6) is -2.01. The van der Waals surface area contributed by atoms with Gasteiger partial charge < -0.3 is 25.5 Å². The summed E-state index contributed by atoms with van der Waals surface area (Å²) in [5, 5.41) is 15.1. The molecule has 1 aliphatic carbocycles. The first-order valence-electron chi connectivity index (χ1n) is 14.1. The van der Waals surface area contributed by atoms with Crippen molar-refractivity contribution in [2.75, 3.05) is 36.4 Å². The monoisotopic (exact) mass is 572 g/mol. The molecule has 2 aliphatic rings. The number of nitrogens with one attached hydrogen (secondary N) is 2. The Kier molecular flexibility index (Phi) is 8.80. The average Bonchev–Trinajstić information content (AvgIpc) is 3.83. The fraction of sp³-hybridized carbons (Fsp3) is 0.312. The molecular formula is C32H33FN4O5. The lowest BCUT2D eigenvalue weighted by Gasteiger charge is -2.37. The van der Waals surface area contributed by atoms with Gasteiger partial charge in [-0.05, 0) is 54.3 Å². The van der Waals surface area contributed by atoms with E-state index in [1.165, 1.54) is 24.3 Å². The molecule has 42 heavy (non-hydrogen) atoms. The number of carboxylic acids is 1. The Morgan fingerprint density at radius 1 is 0.905 bits per heavy atom. The molecule has 2 fully saturated rings. The second-order valence-electron chi connectivity index (χ2n) is 10.7. The maximum Gasteiger partial charge on any atom is 0.305 e. The predicted octanol–water partition coefficient (Wildman–Crippen LogP) is 4.01. The van der Waals surface area contributed by atoms with Crippen LogP contribution in [0.15, 0.2) is 72.8 Å². The Bertz CT molecular complexity index is 1450. The van der Waals surface area contributed by atoms with E-state index < -0.39 is 23.7 Å². The van der Waals surface area contributed by atoms with Crippen LogP contribution < -0.4 is 15.5 Å². The third kappa shape index (κ3) is 7.31. The second kappa shape index (κ2) is 12.8. The molecule has 3 aromatic carbocycles. The highest BCUT2D eigenvalue weighted by Gasteiger charge is 2.35. The van der Waals surface area contributed by atoms with Gasteiger partial charge in [0.1, 0.15) is 5.82 Å². The molecule has 5 rings (SSSR count). The number of nitrogens with zero attached hydrogens (tertiary/aromatic N) is 2. The first-order chi connectivity index (χ1) is 20.3. The van der Waals surface area contributed by atoms with Gasteiger partial charge in [0.15, 0.2) is 0 Å². The number of carbonyl (C=O) groups excluding carboxylic acids is 3. The van der Waals surface area contributed by atoms with Crippen LogP contribution in [0.2, 0.25) is 0 Å². The molecule has 1 unspecified atom stereocenters. The SMILES string of the molecule is O=C(O)CC(NC(=O)c1ccc(N2CCN(C(=O)C3CC3)CC2)c(NC(=O)Cc2ccccc2)c1)c1ccc(F)cc1. The highest BCUT2D eigenvalue weighted by molar-refractivity contribution is 6.00. The van der Waals surface area contributed by atoms with Crippen molar-refractivity contribution < 1.29 is 28.7 Å². The standard InChI is InChI=1S/C32H33FN4O5/c33-25-11-8-22(9-12-25)26(20-30(39)40)35-31(41)24-10-13-28(36-14-16-37(17-15-36)32(42)23-6-7-23)27(19-24)34-29(38)18-21-4-2-1-3-5-21/h1-5,8-13,19,23,26H,6-7,14-18,20H2,(H,34,38)(H,35,41)(H,39,40). The number of anilines is 2. The van der Waals surface area contributed by atoms with Crippen LogP contribution >= 0.6 is 0 Å². The molecular weight excluding hydrogens is 539 g/mol. The summed E-state index contributed by atoms with van der Waals surface area (Å²) < 4.78 is 13.5. The molecule has 3 aromatic rings. The van der Waals surface area contributed by atoms with Crippen LogP contribution in [0.4, 0.5) is 15.8 Å². The zero-order valence-electron chi connectivity index (χ0n) is 23.1. The van der Waals surface area contributed by atoms with Crippen molar-refractivity contribution in [3.05, 3.63) is 95.3 Å². The van der Waals surface area contributed by atoms with Crippen molar-refractivity contribution >= 4 is 35.1 Å². The van der Waals surface area contributed by atoms with Gasteiger partial charge in [-0.1, -0.05) is 42.5 Å². The summed E-state index contributed by atoms with van der Waals surface area (Å²) in [6.07, 6.45) is 1.66. The Morgan fingerprint density at radius 2 is 1.60 bits per heavy atom. The second-order valence-corrected chi connectivity index (χ2v) is 10.7. The minimum atomic E-state index is -1.12. The van der Waals surface area contributed by atoms with Crippen molar-refractivity contribution in [3.8, 4) is 0 Å². The van der Waals surface area contributed by atoms with Gasteiger partial charge in [0.25, 0.3) is 5.91 Å². The van der Waals surface area contributed by atoms with Crippen LogP contribution in [0.25, 0.3) is 0 Å². The summed E-state index contributed by atoms with van der Waals surface area (Å²) in [6, 6.07) is 18.7. The first kappa shape index (κ1) is 28.8. The maximum absolute atomic E-state index is 13.5. The number of carbonyl (C=O) groups is 4. The van der Waals surface area contributed by atoms with E-state index in [2.05, 4.69) is 15.5 Å². The quantitative estimate of drug-likeness (QED) is 0.338. The van der Waals surface area contributed by atoms with Gasteiger partial charge in [0.05, 0.1) is 30.3 Å². The molecule has 0 spiro atoms. The molecule has 1 atom stereocenters. The van der Waals surface area contributed by atoms with Crippen molar-refractivity contribution in [3.63, 3.8) is 0 Å². The Balaban J connectivity index is 1.36. The van der Waals surface area contributed by atoms with Gasteiger partial charge in [-0.3, -0.25) is 19.2 Å². The molecule has 1 saturated carbocycles. The largest absolute Gasteiger partial charge is 0.481 e. The summed E-state index contributed by atoms with van der Waals surface area (Å²) in [7, 11) is 0. The van der Waals surface area contributed by atoms with Crippen molar-refractivity contribution in [2.24, 2.45) is 5.92 Å². The van der Waals surface area contributed by atoms with Gasteiger partial charge in [0.2, 0.25) is 11.8 Å². The number of benzene rings is 3. The van der Waals surface area contributed by atoms with E-state index in [4.69, 9.17) is 0 Å². The van der Waals surface area contributed by atoms with E-state index in [0.717, 1.165) is 24.1 Å². The van der Waals surface area contributed by atoms with Gasteiger partial charge in [-0.15, -0.1) is 0 Å². The van der Waals surface area contributed by atoms with Gasteiger partial charge >= 0.3 is 5.97 Å². The van der Waals surface area contributed by atoms with Crippen molar-refractivity contribution in [1.29, 1.82) is 0 Å².